The Hall–Kier alpha value is -2.44. The number of hydrogen-bond donors (Lipinski definition) is 1. The van der Waals surface area contributed by atoms with E-state index in [1.165, 1.54) is 34.1 Å². The van der Waals surface area contributed by atoms with Crippen molar-refractivity contribution in [2.24, 2.45) is 5.92 Å². The van der Waals surface area contributed by atoms with Crippen LogP contribution in [0.15, 0.2) is 24.3 Å². The molecule has 1 aliphatic rings. The third kappa shape index (κ3) is 3.72. The maximum Gasteiger partial charge on any atom is 0.323 e. The van der Waals surface area contributed by atoms with Crippen LogP contribution in [0.4, 0.5) is 10.1 Å². The van der Waals surface area contributed by atoms with E-state index in [4.69, 9.17) is 5.11 Å². The van der Waals surface area contributed by atoms with Crippen LogP contribution < -0.4 is 4.90 Å². The Morgan fingerprint density at radius 2 is 2.00 bits per heavy atom. The largest absolute Gasteiger partial charge is 0.480 e. The van der Waals surface area contributed by atoms with E-state index < -0.39 is 30.2 Å². The minimum atomic E-state index is -1.11. The van der Waals surface area contributed by atoms with Crippen molar-refractivity contribution < 1.29 is 23.9 Å². The SMILES string of the molecule is CCC(C)N(CC(=O)O)C(=O)C1CCN(c2ccc(F)cc2)C1=O. The topological polar surface area (TPSA) is 77.9 Å². The molecular formula is C17H21FN2O4. The number of amides is 2. The summed E-state index contributed by atoms with van der Waals surface area (Å²) in [5, 5.41) is 9.02. The predicted molar refractivity (Wildman–Crippen MR) is 86.0 cm³/mol. The van der Waals surface area contributed by atoms with Crippen molar-refractivity contribution in [1.29, 1.82) is 0 Å². The van der Waals surface area contributed by atoms with Gasteiger partial charge >= 0.3 is 5.97 Å². The minimum absolute atomic E-state index is 0.263. The first kappa shape index (κ1) is 17.9. The van der Waals surface area contributed by atoms with Gasteiger partial charge in [0.15, 0.2) is 0 Å². The molecule has 0 aliphatic carbocycles. The van der Waals surface area contributed by atoms with Gasteiger partial charge in [-0.1, -0.05) is 6.92 Å². The third-order valence-corrected chi connectivity index (χ3v) is 4.35. The van der Waals surface area contributed by atoms with Gasteiger partial charge < -0.3 is 14.9 Å². The summed E-state index contributed by atoms with van der Waals surface area (Å²) in [6.45, 7) is 3.54. The first-order valence-corrected chi connectivity index (χ1v) is 7.94. The average molecular weight is 336 g/mol. The molecule has 0 radical (unpaired) electrons. The van der Waals surface area contributed by atoms with Gasteiger partial charge in [-0.15, -0.1) is 0 Å². The van der Waals surface area contributed by atoms with Crippen molar-refractivity contribution in [3.05, 3.63) is 30.1 Å². The van der Waals surface area contributed by atoms with Gasteiger partial charge in [0.2, 0.25) is 11.8 Å². The smallest absolute Gasteiger partial charge is 0.323 e. The number of anilines is 1. The molecule has 2 rings (SSSR count). The molecule has 0 aromatic heterocycles. The number of hydrogen-bond acceptors (Lipinski definition) is 3. The summed E-state index contributed by atoms with van der Waals surface area (Å²) >= 11 is 0. The fourth-order valence-corrected chi connectivity index (χ4v) is 2.80. The molecule has 2 atom stereocenters. The second kappa shape index (κ2) is 7.42. The number of nitrogens with zero attached hydrogens (tertiary/aromatic N) is 2. The number of carbonyl (C=O) groups is 3. The summed E-state index contributed by atoms with van der Waals surface area (Å²) < 4.78 is 13.0. The molecule has 7 heteroatoms. The molecule has 0 spiro atoms. The highest BCUT2D eigenvalue weighted by Crippen LogP contribution is 2.27. The van der Waals surface area contributed by atoms with E-state index in [2.05, 4.69) is 0 Å². The summed E-state index contributed by atoms with van der Waals surface area (Å²) in [6.07, 6.45) is 0.920. The zero-order valence-electron chi connectivity index (χ0n) is 13.7. The lowest BCUT2D eigenvalue weighted by molar-refractivity contribution is -0.149. The standard InChI is InChI=1S/C17H21FN2O4/c1-3-11(2)20(10-15(21)22)17(24)14-8-9-19(16(14)23)13-6-4-12(18)5-7-13/h4-7,11,14H,3,8-10H2,1-2H3,(H,21,22). The number of halogens is 1. The van der Waals surface area contributed by atoms with Gasteiger partial charge in [-0.25, -0.2) is 4.39 Å². The zero-order chi connectivity index (χ0) is 17.9. The highest BCUT2D eigenvalue weighted by Gasteiger charge is 2.40. The van der Waals surface area contributed by atoms with Gasteiger partial charge in [0.05, 0.1) is 0 Å². The van der Waals surface area contributed by atoms with E-state index in [0.717, 1.165) is 0 Å². The van der Waals surface area contributed by atoms with E-state index in [0.29, 0.717) is 25.1 Å². The van der Waals surface area contributed by atoms with Crippen LogP contribution in [0.3, 0.4) is 0 Å². The molecule has 1 saturated heterocycles. The normalized spacial score (nSPS) is 18.5. The third-order valence-electron chi connectivity index (χ3n) is 4.35. The molecule has 2 amide bonds. The summed E-state index contributed by atoms with van der Waals surface area (Å²) in [6, 6.07) is 5.23. The van der Waals surface area contributed by atoms with Gasteiger partial charge in [0.25, 0.3) is 0 Å². The van der Waals surface area contributed by atoms with Gasteiger partial charge in [-0.05, 0) is 44.0 Å². The van der Waals surface area contributed by atoms with Crippen LogP contribution in [0.25, 0.3) is 0 Å². The lowest BCUT2D eigenvalue weighted by Gasteiger charge is -2.29. The highest BCUT2D eigenvalue weighted by atomic mass is 19.1. The first-order valence-electron chi connectivity index (χ1n) is 7.94. The zero-order valence-corrected chi connectivity index (χ0v) is 13.7. The molecule has 0 saturated carbocycles. The van der Waals surface area contributed by atoms with Crippen LogP contribution >= 0.6 is 0 Å². The Morgan fingerprint density at radius 1 is 1.38 bits per heavy atom. The number of benzene rings is 1. The predicted octanol–water partition coefficient (Wildman–Crippen LogP) is 1.89. The number of carbonyl (C=O) groups excluding carboxylic acids is 2. The van der Waals surface area contributed by atoms with E-state index in [1.807, 2.05) is 6.92 Å². The summed E-state index contributed by atoms with van der Waals surface area (Å²) in [7, 11) is 0. The Labute approximate surface area is 139 Å². The molecular weight excluding hydrogens is 315 g/mol. The summed E-state index contributed by atoms with van der Waals surface area (Å²) in [4.78, 5) is 39.0. The van der Waals surface area contributed by atoms with Crippen LogP contribution in [-0.2, 0) is 14.4 Å². The van der Waals surface area contributed by atoms with Crippen LogP contribution in [0.1, 0.15) is 26.7 Å². The van der Waals surface area contributed by atoms with Gasteiger partial charge in [-0.2, -0.15) is 0 Å². The van der Waals surface area contributed by atoms with E-state index in [1.54, 1.807) is 6.92 Å². The number of rotatable bonds is 6. The van der Waals surface area contributed by atoms with Crippen LogP contribution in [-0.4, -0.2) is 46.9 Å². The number of carboxylic acids is 1. The molecule has 1 aliphatic heterocycles. The van der Waals surface area contributed by atoms with Crippen molar-refractivity contribution in [3.63, 3.8) is 0 Å². The second-order valence-electron chi connectivity index (χ2n) is 5.92. The first-order chi connectivity index (χ1) is 11.3. The molecule has 1 aromatic carbocycles. The van der Waals surface area contributed by atoms with Crippen molar-refractivity contribution in [2.75, 3.05) is 18.0 Å². The van der Waals surface area contributed by atoms with Crippen molar-refractivity contribution >= 4 is 23.5 Å². The van der Waals surface area contributed by atoms with Crippen molar-refractivity contribution in [1.82, 2.24) is 4.90 Å². The molecule has 1 N–H and O–H groups in total. The molecule has 0 bridgehead atoms. The van der Waals surface area contributed by atoms with Crippen LogP contribution in [0, 0.1) is 11.7 Å². The molecule has 2 unspecified atom stereocenters. The number of aliphatic carboxylic acids is 1. The van der Waals surface area contributed by atoms with Gasteiger partial charge in [0.1, 0.15) is 18.3 Å². The van der Waals surface area contributed by atoms with Crippen molar-refractivity contribution in [2.45, 2.75) is 32.7 Å². The number of carboxylic acid groups (broad SMARTS) is 1. The molecule has 24 heavy (non-hydrogen) atoms. The molecule has 6 nitrogen and oxygen atoms in total. The highest BCUT2D eigenvalue weighted by molar-refractivity contribution is 6.10. The summed E-state index contributed by atoms with van der Waals surface area (Å²) in [5.41, 5.74) is 0.532. The molecule has 1 aromatic rings. The van der Waals surface area contributed by atoms with Crippen molar-refractivity contribution in [3.8, 4) is 0 Å². The maximum absolute atomic E-state index is 13.0. The van der Waals surface area contributed by atoms with E-state index in [9.17, 15) is 18.8 Å². The Morgan fingerprint density at radius 3 is 2.54 bits per heavy atom. The fourth-order valence-electron chi connectivity index (χ4n) is 2.80. The molecule has 130 valence electrons. The van der Waals surface area contributed by atoms with Gasteiger partial charge in [0, 0.05) is 18.3 Å². The lowest BCUT2D eigenvalue weighted by atomic mass is 10.0. The Kier molecular flexibility index (Phi) is 5.54. The average Bonchev–Trinajstić information content (AvgIpc) is 2.93. The lowest BCUT2D eigenvalue weighted by Crippen LogP contribution is -2.46. The summed E-state index contributed by atoms with van der Waals surface area (Å²) in [5.74, 6) is -3.22. The fraction of sp³-hybridized carbons (Fsp3) is 0.471. The van der Waals surface area contributed by atoms with Crippen LogP contribution in [0.5, 0.6) is 0 Å². The quantitative estimate of drug-likeness (QED) is 0.805. The molecule has 1 fully saturated rings. The Balaban J connectivity index is 2.16. The molecule has 1 heterocycles. The van der Waals surface area contributed by atoms with Crippen LogP contribution in [0.2, 0.25) is 0 Å². The van der Waals surface area contributed by atoms with E-state index in [-0.39, 0.29) is 11.9 Å². The second-order valence-corrected chi connectivity index (χ2v) is 5.92. The minimum Gasteiger partial charge on any atom is -0.480 e. The van der Waals surface area contributed by atoms with Gasteiger partial charge in [-0.3, -0.25) is 14.4 Å². The Bertz CT molecular complexity index is 632. The monoisotopic (exact) mass is 336 g/mol. The maximum atomic E-state index is 13.0. The van der Waals surface area contributed by atoms with E-state index >= 15 is 0 Å².